The Morgan fingerprint density at radius 1 is 1.03 bits per heavy atom. The van der Waals surface area contributed by atoms with E-state index < -0.39 is 0 Å². The lowest BCUT2D eigenvalue weighted by molar-refractivity contribution is 0.415. The molecule has 5 rings (SSSR count). The van der Waals surface area contributed by atoms with Crippen molar-refractivity contribution in [1.29, 1.82) is 0 Å². The second-order valence-corrected chi connectivity index (χ2v) is 7.14. The van der Waals surface area contributed by atoms with Crippen LogP contribution < -0.4 is 15.8 Å². The molecule has 0 unspecified atom stereocenters. The van der Waals surface area contributed by atoms with Crippen molar-refractivity contribution in [3.8, 4) is 16.9 Å². The van der Waals surface area contributed by atoms with Gasteiger partial charge in [-0.2, -0.15) is 4.98 Å². The van der Waals surface area contributed by atoms with Crippen molar-refractivity contribution in [2.75, 3.05) is 24.7 Å². The second-order valence-electron chi connectivity index (χ2n) is 7.14. The van der Waals surface area contributed by atoms with Gasteiger partial charge in [0, 0.05) is 52.5 Å². The van der Waals surface area contributed by atoms with Gasteiger partial charge in [0.2, 0.25) is 5.95 Å². The summed E-state index contributed by atoms with van der Waals surface area (Å²) in [4.78, 5) is 15.5. The molecule has 0 radical (unpaired) electrons. The van der Waals surface area contributed by atoms with Crippen molar-refractivity contribution in [3.63, 3.8) is 0 Å². The minimum Gasteiger partial charge on any atom is -0.497 e. The predicted octanol–water partition coefficient (Wildman–Crippen LogP) is 4.35. The molecule has 0 atom stereocenters. The molecule has 3 aromatic heterocycles. The van der Waals surface area contributed by atoms with E-state index in [1.165, 1.54) is 5.56 Å². The number of anilines is 2. The molecule has 0 aliphatic heterocycles. The highest BCUT2D eigenvalue weighted by Gasteiger charge is 2.11. The topological polar surface area (TPSA) is 105 Å². The van der Waals surface area contributed by atoms with Crippen molar-refractivity contribution in [3.05, 3.63) is 66.6 Å². The Morgan fingerprint density at radius 3 is 2.80 bits per heavy atom. The summed E-state index contributed by atoms with van der Waals surface area (Å²) in [5.74, 6) is 1.83. The highest BCUT2D eigenvalue weighted by Crippen LogP contribution is 2.31. The lowest BCUT2D eigenvalue weighted by Crippen LogP contribution is -2.09. The van der Waals surface area contributed by atoms with Crippen LogP contribution in [-0.2, 0) is 6.42 Å². The summed E-state index contributed by atoms with van der Waals surface area (Å²) in [7, 11) is 1.68. The molecule has 0 saturated carbocycles. The standard InChI is InChI=1S/C23H22N6O/c1-30-15-5-6-21-18(11-15)14(12-27-21)7-9-26-23-28-13-19(22(24)29-23)16-3-2-4-20-17(16)8-10-25-20/h2-6,8,10-13,25,27H,7,9H2,1H3,(H3,24,26,28,29). The third-order valence-corrected chi connectivity index (χ3v) is 5.36. The van der Waals surface area contributed by atoms with Crippen LogP contribution in [0.4, 0.5) is 11.8 Å². The number of benzene rings is 2. The molecule has 0 fully saturated rings. The first kappa shape index (κ1) is 18.1. The largest absolute Gasteiger partial charge is 0.497 e. The Bertz CT molecular complexity index is 1340. The van der Waals surface area contributed by atoms with Gasteiger partial charge >= 0.3 is 0 Å². The summed E-state index contributed by atoms with van der Waals surface area (Å²) in [5, 5.41) is 5.53. The van der Waals surface area contributed by atoms with Crippen LogP contribution in [0.3, 0.4) is 0 Å². The lowest BCUT2D eigenvalue weighted by Gasteiger charge is -2.09. The molecule has 2 aromatic carbocycles. The number of fused-ring (bicyclic) bond motifs is 2. The minimum atomic E-state index is 0.457. The average molecular weight is 398 g/mol. The second kappa shape index (κ2) is 7.44. The summed E-state index contributed by atoms with van der Waals surface area (Å²) in [6.07, 6.45) is 6.55. The van der Waals surface area contributed by atoms with Gasteiger partial charge in [-0.25, -0.2) is 4.98 Å². The zero-order valence-corrected chi connectivity index (χ0v) is 16.6. The Labute approximate surface area is 173 Å². The van der Waals surface area contributed by atoms with E-state index in [0.29, 0.717) is 18.3 Å². The van der Waals surface area contributed by atoms with Gasteiger partial charge in [-0.05, 0) is 47.9 Å². The van der Waals surface area contributed by atoms with E-state index in [0.717, 1.165) is 45.1 Å². The Kier molecular flexibility index (Phi) is 4.48. The normalized spacial score (nSPS) is 11.2. The zero-order valence-electron chi connectivity index (χ0n) is 16.6. The number of methoxy groups -OCH3 is 1. The highest BCUT2D eigenvalue weighted by molar-refractivity contribution is 5.97. The fraction of sp³-hybridized carbons (Fsp3) is 0.130. The third-order valence-electron chi connectivity index (χ3n) is 5.36. The predicted molar refractivity (Wildman–Crippen MR) is 121 cm³/mol. The number of nitrogens with one attached hydrogen (secondary N) is 3. The smallest absolute Gasteiger partial charge is 0.224 e. The molecule has 7 heteroatoms. The Balaban J connectivity index is 1.32. The Morgan fingerprint density at radius 2 is 1.93 bits per heavy atom. The van der Waals surface area contributed by atoms with Crippen LogP contribution in [-0.4, -0.2) is 33.6 Å². The van der Waals surface area contributed by atoms with E-state index in [1.807, 2.05) is 54.9 Å². The summed E-state index contributed by atoms with van der Waals surface area (Å²) in [5.41, 5.74) is 11.5. The summed E-state index contributed by atoms with van der Waals surface area (Å²) in [6, 6.07) is 14.1. The maximum absolute atomic E-state index is 6.27. The van der Waals surface area contributed by atoms with Crippen LogP contribution >= 0.6 is 0 Å². The minimum absolute atomic E-state index is 0.457. The van der Waals surface area contributed by atoms with Gasteiger partial charge in [0.1, 0.15) is 11.6 Å². The van der Waals surface area contributed by atoms with E-state index in [-0.39, 0.29) is 0 Å². The van der Waals surface area contributed by atoms with Crippen molar-refractivity contribution >= 4 is 33.6 Å². The molecule has 0 aliphatic carbocycles. The Hall–Kier alpha value is -4.00. The monoisotopic (exact) mass is 398 g/mol. The molecule has 0 spiro atoms. The lowest BCUT2D eigenvalue weighted by atomic mass is 10.0. The van der Waals surface area contributed by atoms with E-state index in [9.17, 15) is 0 Å². The quantitative estimate of drug-likeness (QED) is 0.340. The number of nitrogens with two attached hydrogens (primary N) is 1. The number of hydrogen-bond acceptors (Lipinski definition) is 5. The molecule has 0 saturated heterocycles. The number of nitrogen functional groups attached to an aromatic ring is 1. The van der Waals surface area contributed by atoms with Gasteiger partial charge in [-0.15, -0.1) is 0 Å². The average Bonchev–Trinajstić information content (AvgIpc) is 3.40. The van der Waals surface area contributed by atoms with E-state index in [4.69, 9.17) is 10.5 Å². The maximum atomic E-state index is 6.27. The molecule has 5 N–H and O–H groups in total. The van der Waals surface area contributed by atoms with Gasteiger partial charge in [0.05, 0.1) is 7.11 Å². The first-order chi connectivity index (χ1) is 14.7. The first-order valence-electron chi connectivity index (χ1n) is 9.80. The molecule has 30 heavy (non-hydrogen) atoms. The van der Waals surface area contributed by atoms with Gasteiger partial charge in [0.25, 0.3) is 0 Å². The van der Waals surface area contributed by atoms with Crippen LogP contribution in [0.1, 0.15) is 5.56 Å². The van der Waals surface area contributed by atoms with Gasteiger partial charge < -0.3 is 25.8 Å². The van der Waals surface area contributed by atoms with Crippen molar-refractivity contribution in [1.82, 2.24) is 19.9 Å². The van der Waals surface area contributed by atoms with Crippen LogP contribution in [0.15, 0.2) is 61.1 Å². The first-order valence-corrected chi connectivity index (χ1v) is 9.80. The van der Waals surface area contributed by atoms with Crippen LogP contribution in [0.5, 0.6) is 5.75 Å². The molecule has 0 bridgehead atoms. The molecule has 0 aliphatic rings. The van der Waals surface area contributed by atoms with Gasteiger partial charge in [-0.1, -0.05) is 12.1 Å². The van der Waals surface area contributed by atoms with Crippen molar-refractivity contribution in [2.45, 2.75) is 6.42 Å². The van der Waals surface area contributed by atoms with Gasteiger partial charge in [0.15, 0.2) is 0 Å². The SMILES string of the molecule is COc1ccc2[nH]cc(CCNc3ncc(-c4cccc5[nH]ccc45)c(N)n3)c2c1. The van der Waals surface area contributed by atoms with E-state index in [1.54, 1.807) is 13.3 Å². The fourth-order valence-electron chi connectivity index (χ4n) is 3.81. The van der Waals surface area contributed by atoms with Crippen LogP contribution in [0.2, 0.25) is 0 Å². The number of hydrogen-bond donors (Lipinski definition) is 4. The van der Waals surface area contributed by atoms with Gasteiger partial charge in [-0.3, -0.25) is 0 Å². The van der Waals surface area contributed by atoms with E-state index in [2.05, 4.69) is 25.3 Å². The fourth-order valence-corrected chi connectivity index (χ4v) is 3.81. The molecule has 150 valence electrons. The molecule has 0 amide bonds. The number of aromatic nitrogens is 4. The molecule has 5 aromatic rings. The summed E-state index contributed by atoms with van der Waals surface area (Å²) < 4.78 is 5.34. The zero-order chi connectivity index (χ0) is 20.5. The summed E-state index contributed by atoms with van der Waals surface area (Å²) >= 11 is 0. The number of rotatable bonds is 6. The molecule has 3 heterocycles. The number of ether oxygens (including phenoxy) is 1. The highest BCUT2D eigenvalue weighted by atomic mass is 16.5. The number of H-pyrrole nitrogens is 2. The van der Waals surface area contributed by atoms with Crippen molar-refractivity contribution in [2.24, 2.45) is 0 Å². The number of nitrogens with zero attached hydrogens (tertiary/aromatic N) is 2. The molecular formula is C23H22N6O. The van der Waals surface area contributed by atoms with Crippen LogP contribution in [0, 0.1) is 0 Å². The van der Waals surface area contributed by atoms with Crippen molar-refractivity contribution < 1.29 is 4.74 Å². The molecular weight excluding hydrogens is 376 g/mol. The van der Waals surface area contributed by atoms with Crippen LogP contribution in [0.25, 0.3) is 32.9 Å². The molecule has 7 nitrogen and oxygen atoms in total. The maximum Gasteiger partial charge on any atom is 0.224 e. The van der Waals surface area contributed by atoms with E-state index >= 15 is 0 Å². The third kappa shape index (κ3) is 3.20. The summed E-state index contributed by atoms with van der Waals surface area (Å²) in [6.45, 7) is 0.691. The number of aromatic amines is 2.